The summed E-state index contributed by atoms with van der Waals surface area (Å²) in [7, 11) is 0. The number of esters is 1. The predicted octanol–water partition coefficient (Wildman–Crippen LogP) is 4.74. The Hall–Kier alpha value is -2.71. The molecule has 1 heterocycles. The van der Waals surface area contributed by atoms with Crippen molar-refractivity contribution in [1.29, 1.82) is 0 Å². The van der Waals surface area contributed by atoms with Crippen LogP contribution in [-0.2, 0) is 19.1 Å². The first kappa shape index (κ1) is 23.1. The number of rotatable bonds is 5. The van der Waals surface area contributed by atoms with Gasteiger partial charge in [-0.2, -0.15) is 0 Å². The third kappa shape index (κ3) is 3.82. The zero-order valence-corrected chi connectivity index (χ0v) is 20.7. The van der Waals surface area contributed by atoms with Gasteiger partial charge < -0.3 is 10.1 Å². The number of fused-ring (bicyclic) bond motifs is 5. The van der Waals surface area contributed by atoms with E-state index in [1.54, 1.807) is 31.2 Å². The fourth-order valence-corrected chi connectivity index (χ4v) is 6.22. The van der Waals surface area contributed by atoms with Crippen LogP contribution in [0.2, 0.25) is 5.02 Å². The highest BCUT2D eigenvalue weighted by atomic mass is 79.9. The van der Waals surface area contributed by atoms with Gasteiger partial charge in [-0.1, -0.05) is 17.7 Å². The molecule has 3 amide bonds. The quantitative estimate of drug-likeness (QED) is 0.433. The molecule has 2 bridgehead atoms. The maximum Gasteiger partial charge on any atom is 0.338 e. The minimum atomic E-state index is -0.720. The maximum absolute atomic E-state index is 13.1. The molecule has 5 rings (SSSR count). The molecule has 0 spiro atoms. The van der Waals surface area contributed by atoms with E-state index in [2.05, 4.69) is 21.2 Å². The van der Waals surface area contributed by atoms with Crippen molar-refractivity contribution in [2.24, 2.45) is 23.7 Å². The minimum Gasteiger partial charge on any atom is -0.452 e. The molecule has 4 atom stereocenters. The van der Waals surface area contributed by atoms with Gasteiger partial charge in [0.25, 0.3) is 5.91 Å². The predicted molar refractivity (Wildman–Crippen MR) is 130 cm³/mol. The number of ether oxygens (including phenoxy) is 1. The number of imide groups is 1. The monoisotopic (exact) mass is 544 g/mol. The molecule has 9 heteroatoms. The molecule has 1 N–H and O–H groups in total. The highest BCUT2D eigenvalue weighted by Gasteiger charge is 2.61. The lowest BCUT2D eigenvalue weighted by Crippen LogP contribution is -2.32. The first-order valence-corrected chi connectivity index (χ1v) is 12.3. The average molecular weight is 546 g/mol. The summed E-state index contributed by atoms with van der Waals surface area (Å²) >= 11 is 9.50. The number of amides is 3. The summed E-state index contributed by atoms with van der Waals surface area (Å²) in [6.07, 6.45) is 2.96. The highest BCUT2D eigenvalue weighted by Crippen LogP contribution is 2.56. The molecule has 176 valence electrons. The molecular weight excluding hydrogens is 524 g/mol. The highest BCUT2D eigenvalue weighted by molar-refractivity contribution is 9.10. The van der Waals surface area contributed by atoms with Crippen molar-refractivity contribution in [3.05, 3.63) is 57.0 Å². The number of halogens is 2. The molecule has 2 saturated carbocycles. The van der Waals surface area contributed by atoms with Crippen molar-refractivity contribution >= 4 is 62.6 Å². The smallest absolute Gasteiger partial charge is 0.338 e. The summed E-state index contributed by atoms with van der Waals surface area (Å²) in [6, 6.07) is 9.64. The molecule has 3 fully saturated rings. The van der Waals surface area contributed by atoms with Crippen LogP contribution in [0.4, 0.5) is 11.4 Å². The largest absolute Gasteiger partial charge is 0.452 e. The van der Waals surface area contributed by atoms with Crippen LogP contribution in [0, 0.1) is 30.6 Å². The van der Waals surface area contributed by atoms with Crippen molar-refractivity contribution in [2.75, 3.05) is 16.8 Å². The Kier molecular flexibility index (Phi) is 5.98. The van der Waals surface area contributed by atoms with Crippen molar-refractivity contribution in [2.45, 2.75) is 26.2 Å². The zero-order chi connectivity index (χ0) is 24.1. The number of carbonyl (C=O) groups excluding carboxylic acids is 4. The van der Waals surface area contributed by atoms with Gasteiger partial charge in [-0.15, -0.1) is 0 Å². The van der Waals surface area contributed by atoms with Crippen LogP contribution >= 0.6 is 27.5 Å². The van der Waals surface area contributed by atoms with Gasteiger partial charge in [0.2, 0.25) is 11.8 Å². The van der Waals surface area contributed by atoms with Crippen molar-refractivity contribution < 1.29 is 23.9 Å². The molecule has 0 radical (unpaired) electrons. The molecule has 7 nitrogen and oxygen atoms in total. The van der Waals surface area contributed by atoms with Crippen LogP contribution in [0.3, 0.4) is 0 Å². The number of hydrogen-bond donors (Lipinski definition) is 1. The summed E-state index contributed by atoms with van der Waals surface area (Å²) in [5.41, 5.74) is 1.72. The van der Waals surface area contributed by atoms with Gasteiger partial charge in [0.05, 0.1) is 28.1 Å². The summed E-state index contributed by atoms with van der Waals surface area (Å²) in [5, 5.41) is 3.15. The Morgan fingerprint density at radius 1 is 1.12 bits per heavy atom. The van der Waals surface area contributed by atoms with Gasteiger partial charge in [-0.3, -0.25) is 19.3 Å². The summed E-state index contributed by atoms with van der Waals surface area (Å²) < 4.78 is 5.87. The standard InChI is InChI=1S/C25H22BrClN2O5/c1-12-18(8-7-17(26)22(12)27)28-19(30)11-34-25(33)15-3-2-4-16(10-15)29-23(31)20-13-5-6-14(9-13)21(20)24(29)32/h2-4,7-8,10,13-14,20-21H,5-6,9,11H2,1H3,(H,28,30)/t13-,14-,20+,21+/m0/s1. The second-order valence-corrected chi connectivity index (χ2v) is 10.3. The van der Waals surface area contributed by atoms with Crippen molar-refractivity contribution in [1.82, 2.24) is 0 Å². The van der Waals surface area contributed by atoms with Crippen LogP contribution in [0.25, 0.3) is 0 Å². The Morgan fingerprint density at radius 3 is 2.47 bits per heavy atom. The van der Waals surface area contributed by atoms with E-state index in [-0.39, 0.29) is 41.0 Å². The van der Waals surface area contributed by atoms with Crippen molar-refractivity contribution in [3.63, 3.8) is 0 Å². The van der Waals surface area contributed by atoms with E-state index < -0.39 is 18.5 Å². The summed E-state index contributed by atoms with van der Waals surface area (Å²) in [5.74, 6) is -1.48. The van der Waals surface area contributed by atoms with E-state index >= 15 is 0 Å². The Labute approximate surface area is 209 Å². The van der Waals surface area contributed by atoms with E-state index in [1.165, 1.54) is 17.0 Å². The van der Waals surface area contributed by atoms with Crippen LogP contribution in [0.15, 0.2) is 40.9 Å². The van der Waals surface area contributed by atoms with E-state index in [1.807, 2.05) is 0 Å². The molecule has 1 aliphatic heterocycles. The molecular formula is C25H22BrClN2O5. The zero-order valence-electron chi connectivity index (χ0n) is 18.3. The topological polar surface area (TPSA) is 92.8 Å². The lowest BCUT2D eigenvalue weighted by molar-refractivity contribution is -0.123. The summed E-state index contributed by atoms with van der Waals surface area (Å²) in [4.78, 5) is 52.2. The van der Waals surface area contributed by atoms with Crippen molar-refractivity contribution in [3.8, 4) is 0 Å². The first-order chi connectivity index (χ1) is 16.3. The molecule has 3 aliphatic rings. The van der Waals surface area contributed by atoms with Gasteiger partial charge >= 0.3 is 5.97 Å². The number of nitrogens with zero attached hydrogens (tertiary/aromatic N) is 1. The van der Waals surface area contributed by atoms with E-state index in [9.17, 15) is 19.2 Å². The fourth-order valence-electron chi connectivity index (χ4n) is 5.62. The van der Waals surface area contributed by atoms with E-state index in [0.717, 1.165) is 19.3 Å². The Morgan fingerprint density at radius 2 is 1.79 bits per heavy atom. The SMILES string of the molecule is Cc1c(NC(=O)COC(=O)c2cccc(N3C(=O)[C@@H]4[C@H]5CC[C@@H](C5)[C@H]4C3=O)c2)ccc(Br)c1Cl. The van der Waals surface area contributed by atoms with Crippen LogP contribution in [-0.4, -0.2) is 30.3 Å². The molecule has 1 saturated heterocycles. The molecule has 2 aromatic carbocycles. The van der Waals surface area contributed by atoms with Crippen LogP contribution < -0.4 is 10.2 Å². The number of anilines is 2. The van der Waals surface area contributed by atoms with Crippen LogP contribution in [0.1, 0.15) is 35.2 Å². The normalized spacial score (nSPS) is 25.0. The van der Waals surface area contributed by atoms with Gasteiger partial charge in [-0.25, -0.2) is 4.79 Å². The van der Waals surface area contributed by atoms with E-state index in [0.29, 0.717) is 26.4 Å². The number of carbonyl (C=O) groups is 4. The van der Waals surface area contributed by atoms with E-state index in [4.69, 9.17) is 16.3 Å². The molecule has 0 unspecified atom stereocenters. The maximum atomic E-state index is 13.1. The number of nitrogens with one attached hydrogen (secondary N) is 1. The average Bonchev–Trinajstić information content (AvgIpc) is 3.51. The second kappa shape index (κ2) is 8.82. The number of hydrogen-bond acceptors (Lipinski definition) is 5. The number of benzene rings is 2. The third-order valence-electron chi connectivity index (χ3n) is 7.22. The van der Waals surface area contributed by atoms with Gasteiger partial charge in [0.15, 0.2) is 6.61 Å². The Balaban J connectivity index is 1.25. The molecule has 2 aliphatic carbocycles. The lowest BCUT2D eigenvalue weighted by atomic mass is 9.81. The fraction of sp³-hybridized carbons (Fsp3) is 0.360. The van der Waals surface area contributed by atoms with Gasteiger partial charge in [-0.05, 0) is 89.8 Å². The lowest BCUT2D eigenvalue weighted by Gasteiger charge is -2.19. The molecule has 0 aromatic heterocycles. The second-order valence-electron chi connectivity index (χ2n) is 9.11. The molecule has 2 aromatic rings. The Bertz CT molecular complexity index is 1200. The third-order valence-corrected chi connectivity index (χ3v) is 8.59. The van der Waals surface area contributed by atoms with Crippen LogP contribution in [0.5, 0.6) is 0 Å². The molecule has 34 heavy (non-hydrogen) atoms. The van der Waals surface area contributed by atoms with Gasteiger partial charge in [0, 0.05) is 10.2 Å². The first-order valence-electron chi connectivity index (χ1n) is 11.2. The van der Waals surface area contributed by atoms with Gasteiger partial charge in [0.1, 0.15) is 0 Å². The minimum absolute atomic E-state index is 0.161. The summed E-state index contributed by atoms with van der Waals surface area (Å²) in [6.45, 7) is 1.27.